The molecule has 0 saturated carbocycles. The monoisotopic (exact) mass is 247 g/mol. The molecule has 1 aliphatic carbocycles. The van der Waals surface area contributed by atoms with Crippen molar-refractivity contribution >= 4 is 5.70 Å². The van der Waals surface area contributed by atoms with Crippen molar-refractivity contribution in [1.82, 2.24) is 0 Å². The Morgan fingerprint density at radius 2 is 1.56 bits per heavy atom. The first-order valence-electron chi connectivity index (χ1n) is 6.34. The first-order valence-corrected chi connectivity index (χ1v) is 6.34. The van der Waals surface area contributed by atoms with Gasteiger partial charge in [0.1, 0.15) is 0 Å². The fraction of sp³-hybridized carbons (Fsp3) is 0.500. The highest BCUT2D eigenvalue weighted by atomic mass is 16.0. The van der Waals surface area contributed by atoms with E-state index >= 15 is 0 Å². The third kappa shape index (κ3) is 2.30. The first kappa shape index (κ1) is 14.8. The van der Waals surface area contributed by atoms with Gasteiger partial charge in [0.25, 0.3) is 0 Å². The van der Waals surface area contributed by atoms with Crippen LogP contribution >= 0.6 is 0 Å². The molecule has 1 aromatic carbocycles. The molecule has 0 unspecified atom stereocenters. The van der Waals surface area contributed by atoms with Crippen molar-refractivity contribution in [3.05, 3.63) is 41.5 Å². The summed E-state index contributed by atoms with van der Waals surface area (Å²) in [5.41, 5.74) is 11.0. The van der Waals surface area contributed by atoms with Gasteiger partial charge in [0.15, 0.2) is 0 Å². The molecule has 0 saturated heterocycles. The zero-order chi connectivity index (χ0) is 12.8. The molecular weight excluding hydrogens is 222 g/mol. The van der Waals surface area contributed by atoms with Crippen LogP contribution in [0.3, 0.4) is 0 Å². The Labute approximate surface area is 110 Å². The van der Waals surface area contributed by atoms with Gasteiger partial charge in [0.2, 0.25) is 0 Å². The van der Waals surface area contributed by atoms with Gasteiger partial charge in [-0.05, 0) is 46.4 Å². The number of nitrogens with two attached hydrogens (primary N) is 1. The van der Waals surface area contributed by atoms with Crippen LogP contribution in [-0.4, -0.2) is 5.48 Å². The second-order valence-corrected chi connectivity index (χ2v) is 6.55. The van der Waals surface area contributed by atoms with Crippen molar-refractivity contribution in [2.75, 3.05) is 0 Å². The molecule has 1 aliphatic rings. The number of rotatable bonds is 1. The van der Waals surface area contributed by atoms with Gasteiger partial charge in [-0.15, -0.1) is 0 Å². The van der Waals surface area contributed by atoms with E-state index in [0.29, 0.717) is 5.70 Å². The predicted octanol–water partition coefficient (Wildman–Crippen LogP) is 3.14. The van der Waals surface area contributed by atoms with Crippen LogP contribution in [0.5, 0.6) is 0 Å². The zero-order valence-corrected chi connectivity index (χ0v) is 11.9. The van der Waals surface area contributed by atoms with E-state index in [4.69, 9.17) is 5.73 Å². The summed E-state index contributed by atoms with van der Waals surface area (Å²) < 4.78 is 0. The lowest BCUT2D eigenvalue weighted by Crippen LogP contribution is -2.33. The zero-order valence-electron chi connectivity index (χ0n) is 11.9. The number of hydrogen-bond acceptors (Lipinski definition) is 1. The van der Waals surface area contributed by atoms with Gasteiger partial charge >= 0.3 is 0 Å². The van der Waals surface area contributed by atoms with Crippen molar-refractivity contribution in [1.29, 1.82) is 0 Å². The van der Waals surface area contributed by atoms with Crippen molar-refractivity contribution < 1.29 is 5.48 Å². The average Bonchev–Trinajstić information content (AvgIpc) is 2.24. The molecule has 0 aliphatic heterocycles. The maximum atomic E-state index is 5.81. The summed E-state index contributed by atoms with van der Waals surface area (Å²) in [6.45, 7) is 13.1. The van der Waals surface area contributed by atoms with Crippen LogP contribution in [0, 0.1) is 0 Å². The summed E-state index contributed by atoms with van der Waals surface area (Å²) in [6, 6.07) is 6.58. The molecule has 1 aromatic rings. The number of benzene rings is 1. The Bertz CT molecular complexity index is 472. The molecule has 2 nitrogen and oxygen atoms in total. The van der Waals surface area contributed by atoms with Gasteiger partial charge in [-0.3, -0.25) is 0 Å². The highest BCUT2D eigenvalue weighted by Gasteiger charge is 2.36. The van der Waals surface area contributed by atoms with E-state index in [1.54, 1.807) is 0 Å². The van der Waals surface area contributed by atoms with Gasteiger partial charge in [0.05, 0.1) is 0 Å². The summed E-state index contributed by atoms with van der Waals surface area (Å²) in [4.78, 5) is 0. The van der Waals surface area contributed by atoms with Crippen LogP contribution < -0.4 is 5.73 Å². The molecule has 0 radical (unpaired) electrons. The standard InChI is InChI=1S/C16H23N.H2O/c1-11(17)12-6-7-13-14(10-12)16(4,5)9-8-15(13,2)3;/h6-7,10H,1,8-9,17H2,2-5H3;1H2. The maximum Gasteiger partial charge on any atom is 0.0314 e. The van der Waals surface area contributed by atoms with Gasteiger partial charge in [0, 0.05) is 5.70 Å². The fourth-order valence-corrected chi connectivity index (χ4v) is 2.79. The average molecular weight is 247 g/mol. The normalized spacial score (nSPS) is 19.6. The third-order valence-electron chi connectivity index (χ3n) is 4.22. The molecule has 0 amide bonds. The second-order valence-electron chi connectivity index (χ2n) is 6.55. The van der Waals surface area contributed by atoms with E-state index < -0.39 is 0 Å². The Hall–Kier alpha value is -1.28. The predicted molar refractivity (Wildman–Crippen MR) is 78.6 cm³/mol. The summed E-state index contributed by atoms with van der Waals surface area (Å²) in [7, 11) is 0. The van der Waals surface area contributed by atoms with Gasteiger partial charge in [-0.2, -0.15) is 0 Å². The topological polar surface area (TPSA) is 57.5 Å². The lowest BCUT2D eigenvalue weighted by atomic mass is 9.63. The molecule has 0 fully saturated rings. The SMILES string of the molecule is C=C(N)c1ccc2c(c1)C(C)(C)CCC2(C)C.O. The lowest BCUT2D eigenvalue weighted by molar-refractivity contribution is 0.332. The van der Waals surface area contributed by atoms with Crippen LogP contribution in [0.4, 0.5) is 0 Å². The summed E-state index contributed by atoms with van der Waals surface area (Å²) in [5, 5.41) is 0. The molecule has 18 heavy (non-hydrogen) atoms. The molecule has 0 spiro atoms. The molecular formula is C16H25NO. The molecule has 0 aromatic heterocycles. The van der Waals surface area contributed by atoms with Crippen LogP contribution in [0.15, 0.2) is 24.8 Å². The van der Waals surface area contributed by atoms with Gasteiger partial charge < -0.3 is 11.2 Å². The van der Waals surface area contributed by atoms with Crippen LogP contribution in [0.2, 0.25) is 0 Å². The third-order valence-corrected chi connectivity index (χ3v) is 4.22. The van der Waals surface area contributed by atoms with E-state index in [1.165, 1.54) is 24.0 Å². The van der Waals surface area contributed by atoms with Crippen molar-refractivity contribution in [2.24, 2.45) is 5.73 Å². The Morgan fingerprint density at radius 1 is 1.06 bits per heavy atom. The summed E-state index contributed by atoms with van der Waals surface area (Å²) >= 11 is 0. The van der Waals surface area contributed by atoms with Crippen LogP contribution in [0.25, 0.3) is 5.70 Å². The van der Waals surface area contributed by atoms with Gasteiger partial charge in [-0.1, -0.05) is 46.4 Å². The van der Waals surface area contributed by atoms with Gasteiger partial charge in [-0.25, -0.2) is 0 Å². The molecule has 4 N–H and O–H groups in total. The highest BCUT2D eigenvalue weighted by molar-refractivity contribution is 5.63. The minimum absolute atomic E-state index is 0. The first-order chi connectivity index (χ1) is 7.74. The quantitative estimate of drug-likeness (QED) is 0.814. The Kier molecular flexibility index (Phi) is 3.64. The van der Waals surface area contributed by atoms with E-state index in [0.717, 1.165) is 5.56 Å². The minimum Gasteiger partial charge on any atom is -0.412 e. The van der Waals surface area contributed by atoms with E-state index in [1.807, 2.05) is 0 Å². The van der Waals surface area contributed by atoms with Crippen LogP contribution in [0.1, 0.15) is 57.2 Å². The molecule has 100 valence electrons. The second kappa shape index (κ2) is 4.43. The van der Waals surface area contributed by atoms with E-state index in [2.05, 4.69) is 52.5 Å². The largest absolute Gasteiger partial charge is 0.412 e. The fourth-order valence-electron chi connectivity index (χ4n) is 2.79. The van der Waals surface area contributed by atoms with Crippen molar-refractivity contribution in [2.45, 2.75) is 51.4 Å². The molecule has 2 rings (SSSR count). The lowest BCUT2D eigenvalue weighted by Gasteiger charge is -2.42. The Morgan fingerprint density at radius 3 is 2.06 bits per heavy atom. The molecule has 0 bridgehead atoms. The Balaban J connectivity index is 0.00000162. The van der Waals surface area contributed by atoms with Crippen molar-refractivity contribution in [3.8, 4) is 0 Å². The minimum atomic E-state index is 0. The molecule has 2 heteroatoms. The molecule has 0 heterocycles. The van der Waals surface area contributed by atoms with E-state index in [9.17, 15) is 0 Å². The molecule has 0 atom stereocenters. The number of fused-ring (bicyclic) bond motifs is 1. The summed E-state index contributed by atoms with van der Waals surface area (Å²) in [6.07, 6.45) is 2.48. The van der Waals surface area contributed by atoms with Crippen molar-refractivity contribution in [3.63, 3.8) is 0 Å². The van der Waals surface area contributed by atoms with E-state index in [-0.39, 0.29) is 16.3 Å². The smallest absolute Gasteiger partial charge is 0.0314 e. The number of hydrogen-bond donors (Lipinski definition) is 1. The summed E-state index contributed by atoms with van der Waals surface area (Å²) in [5.74, 6) is 0. The van der Waals surface area contributed by atoms with Crippen LogP contribution in [-0.2, 0) is 10.8 Å². The maximum absolute atomic E-state index is 5.81. The highest BCUT2D eigenvalue weighted by Crippen LogP contribution is 2.46.